The quantitative estimate of drug-likeness (QED) is 0.466. The lowest BCUT2D eigenvalue weighted by Crippen LogP contribution is -2.20. The maximum atomic E-state index is 5.09. The Balaban J connectivity index is 1.70. The van der Waals surface area contributed by atoms with Gasteiger partial charge in [0.05, 0.1) is 12.7 Å². The van der Waals surface area contributed by atoms with Crippen molar-refractivity contribution in [2.75, 3.05) is 19.7 Å². The Morgan fingerprint density at radius 2 is 2.17 bits per heavy atom. The summed E-state index contributed by atoms with van der Waals surface area (Å²) in [6.07, 6.45) is 4.57. The molecule has 0 saturated carbocycles. The van der Waals surface area contributed by atoms with E-state index in [1.165, 1.54) is 19.3 Å². The SMILES string of the molecule is CC(C)CCCCNCC1CO1. The Bertz CT molecular complexity index is 104. The van der Waals surface area contributed by atoms with Gasteiger partial charge in [-0.1, -0.05) is 26.7 Å². The van der Waals surface area contributed by atoms with Gasteiger partial charge in [0, 0.05) is 6.54 Å². The second-order valence-corrected chi connectivity index (χ2v) is 4.05. The van der Waals surface area contributed by atoms with Crippen molar-refractivity contribution in [3.8, 4) is 0 Å². The number of epoxide rings is 1. The highest BCUT2D eigenvalue weighted by Gasteiger charge is 2.20. The fourth-order valence-electron chi connectivity index (χ4n) is 1.25. The van der Waals surface area contributed by atoms with E-state index in [-0.39, 0.29) is 0 Å². The molecule has 2 heteroatoms. The van der Waals surface area contributed by atoms with Crippen molar-refractivity contribution in [1.29, 1.82) is 0 Å². The van der Waals surface area contributed by atoms with Crippen molar-refractivity contribution >= 4 is 0 Å². The van der Waals surface area contributed by atoms with Crippen LogP contribution in [0.15, 0.2) is 0 Å². The molecule has 0 spiro atoms. The molecule has 1 rings (SSSR count). The maximum Gasteiger partial charge on any atom is 0.0933 e. The van der Waals surface area contributed by atoms with Crippen molar-refractivity contribution in [2.24, 2.45) is 5.92 Å². The summed E-state index contributed by atoms with van der Waals surface area (Å²) >= 11 is 0. The van der Waals surface area contributed by atoms with Crippen LogP contribution >= 0.6 is 0 Å². The Morgan fingerprint density at radius 1 is 1.42 bits per heavy atom. The fraction of sp³-hybridized carbons (Fsp3) is 1.00. The van der Waals surface area contributed by atoms with E-state index >= 15 is 0 Å². The Labute approximate surface area is 75.7 Å². The first kappa shape index (κ1) is 10.0. The molecule has 1 fully saturated rings. The average Bonchev–Trinajstić information content (AvgIpc) is 2.79. The van der Waals surface area contributed by atoms with E-state index in [1.54, 1.807) is 0 Å². The second-order valence-electron chi connectivity index (χ2n) is 4.05. The van der Waals surface area contributed by atoms with Crippen molar-refractivity contribution in [1.82, 2.24) is 5.32 Å². The largest absolute Gasteiger partial charge is 0.372 e. The number of nitrogens with one attached hydrogen (secondary N) is 1. The van der Waals surface area contributed by atoms with Gasteiger partial charge in [-0.2, -0.15) is 0 Å². The van der Waals surface area contributed by atoms with Crippen molar-refractivity contribution < 1.29 is 4.74 Å². The Morgan fingerprint density at radius 3 is 2.75 bits per heavy atom. The summed E-state index contributed by atoms with van der Waals surface area (Å²) in [4.78, 5) is 0. The normalized spacial score (nSPS) is 21.8. The molecular weight excluding hydrogens is 150 g/mol. The van der Waals surface area contributed by atoms with Gasteiger partial charge in [-0.3, -0.25) is 0 Å². The molecule has 1 atom stereocenters. The van der Waals surface area contributed by atoms with E-state index in [4.69, 9.17) is 4.74 Å². The summed E-state index contributed by atoms with van der Waals surface area (Å²) in [6, 6.07) is 0. The Hall–Kier alpha value is -0.0800. The molecule has 0 bridgehead atoms. The molecule has 12 heavy (non-hydrogen) atoms. The van der Waals surface area contributed by atoms with E-state index in [9.17, 15) is 0 Å². The molecule has 1 aliphatic rings. The molecule has 1 N–H and O–H groups in total. The van der Waals surface area contributed by atoms with Crippen LogP contribution in [0.4, 0.5) is 0 Å². The second kappa shape index (κ2) is 5.55. The molecule has 0 aromatic heterocycles. The monoisotopic (exact) mass is 171 g/mol. The zero-order chi connectivity index (χ0) is 8.81. The lowest BCUT2D eigenvalue weighted by Gasteiger charge is -2.04. The third kappa shape index (κ3) is 5.56. The minimum absolute atomic E-state index is 0.537. The zero-order valence-electron chi connectivity index (χ0n) is 8.31. The highest BCUT2D eigenvalue weighted by molar-refractivity contribution is 4.71. The maximum absolute atomic E-state index is 5.09. The first-order valence-electron chi connectivity index (χ1n) is 5.11. The van der Waals surface area contributed by atoms with E-state index in [0.29, 0.717) is 6.10 Å². The predicted octanol–water partition coefficient (Wildman–Crippen LogP) is 1.80. The van der Waals surface area contributed by atoms with Crippen molar-refractivity contribution in [3.05, 3.63) is 0 Å². The summed E-state index contributed by atoms with van der Waals surface area (Å²) in [5.41, 5.74) is 0. The molecule has 1 heterocycles. The zero-order valence-corrected chi connectivity index (χ0v) is 8.31. The van der Waals surface area contributed by atoms with Crippen LogP contribution in [0, 0.1) is 5.92 Å². The highest BCUT2D eigenvalue weighted by Crippen LogP contribution is 2.07. The van der Waals surface area contributed by atoms with Crippen molar-refractivity contribution in [2.45, 2.75) is 39.2 Å². The number of ether oxygens (including phenoxy) is 1. The van der Waals surface area contributed by atoms with Crippen LogP contribution in [0.25, 0.3) is 0 Å². The number of hydrogen-bond acceptors (Lipinski definition) is 2. The minimum Gasteiger partial charge on any atom is -0.372 e. The third-order valence-corrected chi connectivity index (χ3v) is 2.16. The van der Waals surface area contributed by atoms with Crippen LogP contribution < -0.4 is 5.32 Å². The van der Waals surface area contributed by atoms with Crippen LogP contribution in [-0.2, 0) is 4.74 Å². The predicted molar refractivity (Wildman–Crippen MR) is 51.3 cm³/mol. The van der Waals surface area contributed by atoms with Crippen LogP contribution in [-0.4, -0.2) is 25.8 Å². The number of rotatable bonds is 7. The third-order valence-electron chi connectivity index (χ3n) is 2.16. The topological polar surface area (TPSA) is 24.6 Å². The van der Waals surface area contributed by atoms with Crippen LogP contribution in [0.3, 0.4) is 0 Å². The van der Waals surface area contributed by atoms with Gasteiger partial charge in [-0.25, -0.2) is 0 Å². The standard InChI is InChI=1S/C10H21NO/c1-9(2)5-3-4-6-11-7-10-8-12-10/h9-11H,3-8H2,1-2H3. The summed E-state index contributed by atoms with van der Waals surface area (Å²) < 4.78 is 5.09. The van der Waals surface area contributed by atoms with Gasteiger partial charge < -0.3 is 10.1 Å². The molecule has 0 aromatic rings. The smallest absolute Gasteiger partial charge is 0.0933 e. The van der Waals surface area contributed by atoms with Gasteiger partial charge in [0.25, 0.3) is 0 Å². The molecule has 1 aliphatic heterocycles. The molecule has 1 saturated heterocycles. The molecular formula is C10H21NO. The summed E-state index contributed by atoms with van der Waals surface area (Å²) in [6.45, 7) is 7.75. The summed E-state index contributed by atoms with van der Waals surface area (Å²) in [7, 11) is 0. The van der Waals surface area contributed by atoms with Gasteiger partial charge in [0.1, 0.15) is 0 Å². The summed E-state index contributed by atoms with van der Waals surface area (Å²) in [5.74, 6) is 0.858. The molecule has 0 radical (unpaired) electrons. The minimum atomic E-state index is 0.537. The van der Waals surface area contributed by atoms with Gasteiger partial charge >= 0.3 is 0 Å². The van der Waals surface area contributed by atoms with E-state index in [1.807, 2.05) is 0 Å². The number of hydrogen-bond donors (Lipinski definition) is 1. The molecule has 0 aliphatic carbocycles. The molecule has 0 amide bonds. The molecule has 72 valence electrons. The lowest BCUT2D eigenvalue weighted by molar-refractivity contribution is 0.394. The lowest BCUT2D eigenvalue weighted by atomic mass is 10.1. The summed E-state index contributed by atoms with van der Waals surface area (Å²) in [5, 5.41) is 3.40. The van der Waals surface area contributed by atoms with Crippen LogP contribution in [0.1, 0.15) is 33.1 Å². The molecule has 2 nitrogen and oxygen atoms in total. The van der Waals surface area contributed by atoms with E-state index in [2.05, 4.69) is 19.2 Å². The highest BCUT2D eigenvalue weighted by atomic mass is 16.6. The van der Waals surface area contributed by atoms with Crippen molar-refractivity contribution in [3.63, 3.8) is 0 Å². The van der Waals surface area contributed by atoms with Gasteiger partial charge in [0.2, 0.25) is 0 Å². The molecule has 0 aromatic carbocycles. The average molecular weight is 171 g/mol. The Kier molecular flexibility index (Phi) is 4.62. The van der Waals surface area contributed by atoms with E-state index < -0.39 is 0 Å². The van der Waals surface area contributed by atoms with Crippen LogP contribution in [0.5, 0.6) is 0 Å². The van der Waals surface area contributed by atoms with Gasteiger partial charge in [-0.05, 0) is 18.9 Å². The van der Waals surface area contributed by atoms with Crippen LogP contribution in [0.2, 0.25) is 0 Å². The van der Waals surface area contributed by atoms with Gasteiger partial charge in [-0.15, -0.1) is 0 Å². The first-order valence-corrected chi connectivity index (χ1v) is 5.11. The molecule has 1 unspecified atom stereocenters. The first-order chi connectivity index (χ1) is 5.79. The number of unbranched alkanes of at least 4 members (excludes halogenated alkanes) is 1. The van der Waals surface area contributed by atoms with Gasteiger partial charge in [0.15, 0.2) is 0 Å². The van der Waals surface area contributed by atoms with E-state index in [0.717, 1.165) is 25.6 Å². The fourth-order valence-corrected chi connectivity index (χ4v) is 1.25.